The van der Waals surface area contributed by atoms with E-state index in [-0.39, 0.29) is 0 Å². The summed E-state index contributed by atoms with van der Waals surface area (Å²) >= 11 is 0. The predicted octanol–water partition coefficient (Wildman–Crippen LogP) is 1.09. The number of ether oxygens (including phenoxy) is 1. The molecule has 1 aliphatic heterocycles. The molecule has 0 amide bonds. The first kappa shape index (κ1) is 10.0. The topological polar surface area (TPSA) is 79.1 Å². The lowest BCUT2D eigenvalue weighted by molar-refractivity contribution is 0.357. The van der Waals surface area contributed by atoms with Gasteiger partial charge in [0, 0.05) is 12.0 Å². The second kappa shape index (κ2) is 3.41. The van der Waals surface area contributed by atoms with Gasteiger partial charge in [0.05, 0.1) is 6.61 Å². The van der Waals surface area contributed by atoms with Crippen molar-refractivity contribution in [3.63, 3.8) is 0 Å². The molecule has 0 saturated carbocycles. The molecule has 88 valence electrons. The van der Waals surface area contributed by atoms with Gasteiger partial charge < -0.3 is 16.3 Å². The summed E-state index contributed by atoms with van der Waals surface area (Å²) in [5.41, 5.74) is 8.85. The first-order chi connectivity index (χ1) is 8.16. The van der Waals surface area contributed by atoms with Crippen LogP contribution in [0.25, 0.3) is 11.3 Å². The molecule has 1 aromatic heterocycles. The van der Waals surface area contributed by atoms with E-state index in [0.717, 1.165) is 30.0 Å². The third-order valence-electron chi connectivity index (χ3n) is 3.09. The first-order valence-corrected chi connectivity index (χ1v) is 5.53. The highest BCUT2D eigenvalue weighted by atomic mass is 16.5. The standard InChI is InChI=1S/C12H14N4O/c1-7-15-11(12(13)16(7)14)9-2-3-10-8(6-9)4-5-17-10/h2-3,6H,4-5,13-14H2,1H3. The highest BCUT2D eigenvalue weighted by Gasteiger charge is 2.16. The van der Waals surface area contributed by atoms with Crippen molar-refractivity contribution >= 4 is 5.82 Å². The number of anilines is 1. The maximum atomic E-state index is 5.92. The van der Waals surface area contributed by atoms with E-state index in [2.05, 4.69) is 11.1 Å². The molecular weight excluding hydrogens is 216 g/mol. The summed E-state index contributed by atoms with van der Waals surface area (Å²) in [6, 6.07) is 5.99. The Bertz CT molecular complexity index is 588. The lowest BCUT2D eigenvalue weighted by Gasteiger charge is -2.03. The Morgan fingerprint density at radius 2 is 2.24 bits per heavy atom. The monoisotopic (exact) mass is 230 g/mol. The molecule has 0 fully saturated rings. The van der Waals surface area contributed by atoms with Crippen LogP contribution < -0.4 is 16.3 Å². The quantitative estimate of drug-likeness (QED) is 0.719. The molecule has 0 atom stereocenters. The van der Waals surface area contributed by atoms with E-state index >= 15 is 0 Å². The van der Waals surface area contributed by atoms with Crippen molar-refractivity contribution in [2.24, 2.45) is 0 Å². The zero-order valence-corrected chi connectivity index (χ0v) is 9.60. The van der Waals surface area contributed by atoms with E-state index < -0.39 is 0 Å². The highest BCUT2D eigenvalue weighted by Crippen LogP contribution is 2.32. The van der Waals surface area contributed by atoms with Crippen molar-refractivity contribution < 1.29 is 4.74 Å². The minimum absolute atomic E-state index is 0.487. The van der Waals surface area contributed by atoms with Crippen molar-refractivity contribution in [1.29, 1.82) is 0 Å². The van der Waals surface area contributed by atoms with Gasteiger partial charge in [0.2, 0.25) is 0 Å². The van der Waals surface area contributed by atoms with Crippen LogP contribution in [0.3, 0.4) is 0 Å². The van der Waals surface area contributed by atoms with Crippen molar-refractivity contribution in [3.8, 4) is 17.0 Å². The molecule has 0 aliphatic carbocycles. The van der Waals surface area contributed by atoms with Gasteiger partial charge in [-0.3, -0.25) is 0 Å². The Labute approximate surface area is 99.0 Å². The SMILES string of the molecule is Cc1nc(-c2ccc3c(c2)CCO3)c(N)n1N. The molecule has 0 saturated heterocycles. The van der Waals surface area contributed by atoms with Crippen LogP contribution in [0.15, 0.2) is 18.2 Å². The fourth-order valence-electron chi connectivity index (χ4n) is 2.11. The number of aromatic nitrogens is 2. The number of aryl methyl sites for hydroxylation is 1. The lowest BCUT2D eigenvalue weighted by atomic mass is 10.1. The van der Waals surface area contributed by atoms with Crippen molar-refractivity contribution in [1.82, 2.24) is 9.66 Å². The highest BCUT2D eigenvalue weighted by molar-refractivity contribution is 5.72. The Kier molecular flexibility index (Phi) is 2.01. The lowest BCUT2D eigenvalue weighted by Crippen LogP contribution is -2.13. The predicted molar refractivity (Wildman–Crippen MR) is 66.2 cm³/mol. The van der Waals surface area contributed by atoms with Crippen LogP contribution in [-0.2, 0) is 6.42 Å². The second-order valence-electron chi connectivity index (χ2n) is 4.18. The molecule has 4 N–H and O–H groups in total. The average Bonchev–Trinajstić information content (AvgIpc) is 2.89. The molecule has 2 aromatic rings. The number of fused-ring (bicyclic) bond motifs is 1. The number of nitrogen functional groups attached to an aromatic ring is 2. The van der Waals surface area contributed by atoms with Crippen LogP contribution in [0.5, 0.6) is 5.75 Å². The molecule has 5 nitrogen and oxygen atoms in total. The van der Waals surface area contributed by atoms with Gasteiger partial charge in [0.25, 0.3) is 0 Å². The summed E-state index contributed by atoms with van der Waals surface area (Å²) in [5.74, 6) is 7.90. The maximum absolute atomic E-state index is 5.92. The summed E-state index contributed by atoms with van der Waals surface area (Å²) < 4.78 is 6.87. The number of rotatable bonds is 1. The molecule has 5 heteroatoms. The number of imidazole rings is 1. The van der Waals surface area contributed by atoms with Crippen LogP contribution in [-0.4, -0.2) is 16.3 Å². The molecule has 2 heterocycles. The van der Waals surface area contributed by atoms with Gasteiger partial charge in [0.15, 0.2) is 5.82 Å². The minimum Gasteiger partial charge on any atom is -0.493 e. The fourth-order valence-corrected chi connectivity index (χ4v) is 2.11. The van der Waals surface area contributed by atoms with E-state index in [4.69, 9.17) is 16.3 Å². The minimum atomic E-state index is 0.487. The molecule has 0 bridgehead atoms. The van der Waals surface area contributed by atoms with Gasteiger partial charge >= 0.3 is 0 Å². The molecular formula is C12H14N4O. The Hall–Kier alpha value is -2.17. The summed E-state index contributed by atoms with van der Waals surface area (Å²) in [4.78, 5) is 4.38. The van der Waals surface area contributed by atoms with Crippen molar-refractivity contribution in [2.45, 2.75) is 13.3 Å². The number of hydrogen-bond acceptors (Lipinski definition) is 4. The van der Waals surface area contributed by atoms with E-state index in [1.54, 1.807) is 0 Å². The van der Waals surface area contributed by atoms with Gasteiger partial charge in [-0.05, 0) is 30.7 Å². The van der Waals surface area contributed by atoms with E-state index in [9.17, 15) is 0 Å². The molecule has 1 aromatic carbocycles. The van der Waals surface area contributed by atoms with Crippen molar-refractivity contribution in [2.75, 3.05) is 18.2 Å². The molecule has 1 aliphatic rings. The summed E-state index contributed by atoms with van der Waals surface area (Å²) in [6.45, 7) is 2.58. The van der Waals surface area contributed by atoms with Crippen LogP contribution in [0.4, 0.5) is 5.82 Å². The summed E-state index contributed by atoms with van der Waals surface area (Å²) in [5, 5.41) is 0. The van der Waals surface area contributed by atoms with E-state index in [1.807, 2.05) is 19.1 Å². The molecule has 0 spiro atoms. The third kappa shape index (κ3) is 1.43. The third-order valence-corrected chi connectivity index (χ3v) is 3.09. The van der Waals surface area contributed by atoms with E-state index in [0.29, 0.717) is 11.6 Å². The smallest absolute Gasteiger partial charge is 0.150 e. The molecule has 3 rings (SSSR count). The number of nitrogens with zero attached hydrogens (tertiary/aromatic N) is 2. The summed E-state index contributed by atoms with van der Waals surface area (Å²) in [7, 11) is 0. The molecule has 17 heavy (non-hydrogen) atoms. The Balaban J connectivity index is 2.12. The maximum Gasteiger partial charge on any atom is 0.150 e. The fraction of sp³-hybridized carbons (Fsp3) is 0.250. The van der Waals surface area contributed by atoms with Crippen LogP contribution in [0.2, 0.25) is 0 Å². The largest absolute Gasteiger partial charge is 0.493 e. The van der Waals surface area contributed by atoms with Gasteiger partial charge in [-0.15, -0.1) is 0 Å². The summed E-state index contributed by atoms with van der Waals surface area (Å²) in [6.07, 6.45) is 0.936. The zero-order valence-electron chi connectivity index (χ0n) is 9.60. The second-order valence-corrected chi connectivity index (χ2v) is 4.18. The normalized spacial score (nSPS) is 13.5. The van der Waals surface area contributed by atoms with Gasteiger partial charge in [-0.1, -0.05) is 0 Å². The molecule has 0 unspecified atom stereocenters. The number of nitrogens with two attached hydrogens (primary N) is 2. The van der Waals surface area contributed by atoms with Crippen LogP contribution >= 0.6 is 0 Å². The van der Waals surface area contributed by atoms with Crippen molar-refractivity contribution in [3.05, 3.63) is 29.6 Å². The Morgan fingerprint density at radius 3 is 2.94 bits per heavy atom. The zero-order chi connectivity index (χ0) is 12.0. The van der Waals surface area contributed by atoms with Gasteiger partial charge in [-0.2, -0.15) is 0 Å². The number of benzene rings is 1. The van der Waals surface area contributed by atoms with E-state index in [1.165, 1.54) is 10.2 Å². The van der Waals surface area contributed by atoms with Gasteiger partial charge in [0.1, 0.15) is 17.3 Å². The van der Waals surface area contributed by atoms with Gasteiger partial charge in [-0.25, -0.2) is 9.66 Å². The van der Waals surface area contributed by atoms with Crippen LogP contribution in [0.1, 0.15) is 11.4 Å². The number of hydrogen-bond donors (Lipinski definition) is 2. The first-order valence-electron chi connectivity index (χ1n) is 5.53. The Morgan fingerprint density at radius 1 is 1.41 bits per heavy atom. The molecule has 0 radical (unpaired) electrons. The van der Waals surface area contributed by atoms with Crippen LogP contribution in [0, 0.1) is 6.92 Å². The average molecular weight is 230 g/mol.